The highest BCUT2D eigenvalue weighted by molar-refractivity contribution is 7.99. The number of aromatic nitrogens is 1. The quantitative estimate of drug-likeness (QED) is 0.762. The van der Waals surface area contributed by atoms with Crippen LogP contribution in [-0.2, 0) is 10.0 Å². The molecule has 0 radical (unpaired) electrons. The van der Waals surface area contributed by atoms with Crippen LogP contribution < -0.4 is 0 Å². The molecular weight excluding hydrogens is 424 g/mol. The van der Waals surface area contributed by atoms with E-state index >= 15 is 0 Å². The summed E-state index contributed by atoms with van der Waals surface area (Å²) in [6, 6.07) is 10.5. The van der Waals surface area contributed by atoms with Crippen LogP contribution in [0, 0.1) is 0 Å². The number of hydrogen-bond acceptors (Lipinski definition) is 5. The normalized spacial score (nSPS) is 18.4. The molecule has 0 unspecified atom stereocenters. The number of benzene rings is 1. The molecule has 2 aliphatic heterocycles. The van der Waals surface area contributed by atoms with Gasteiger partial charge in [-0.25, -0.2) is 8.42 Å². The first-order chi connectivity index (χ1) is 14.5. The number of sulfonamides is 1. The number of nitrogens with one attached hydrogen (secondary N) is 1. The third-order valence-electron chi connectivity index (χ3n) is 5.37. The van der Waals surface area contributed by atoms with Crippen LogP contribution in [0.5, 0.6) is 0 Å². The molecule has 1 N–H and O–H groups in total. The summed E-state index contributed by atoms with van der Waals surface area (Å²) in [7, 11) is -3.59. The monoisotopic (exact) mass is 448 g/mol. The van der Waals surface area contributed by atoms with Crippen molar-refractivity contribution in [1.29, 1.82) is 0 Å². The van der Waals surface area contributed by atoms with Crippen molar-refractivity contribution in [2.24, 2.45) is 0 Å². The molecule has 0 bridgehead atoms. The second kappa shape index (κ2) is 8.83. The van der Waals surface area contributed by atoms with Gasteiger partial charge in [0.25, 0.3) is 11.8 Å². The smallest absolute Gasteiger partial charge is 0.270 e. The lowest BCUT2D eigenvalue weighted by atomic mass is 10.2. The second-order valence-corrected chi connectivity index (χ2v) is 10.4. The number of aromatic amines is 1. The van der Waals surface area contributed by atoms with Gasteiger partial charge in [0.05, 0.1) is 0 Å². The van der Waals surface area contributed by atoms with Crippen LogP contribution in [0.1, 0.15) is 20.8 Å². The zero-order valence-electron chi connectivity index (χ0n) is 16.5. The van der Waals surface area contributed by atoms with Crippen LogP contribution in [0.15, 0.2) is 47.5 Å². The average molecular weight is 449 g/mol. The van der Waals surface area contributed by atoms with E-state index in [4.69, 9.17) is 0 Å². The highest BCUT2D eigenvalue weighted by Gasteiger charge is 2.30. The Morgan fingerprint density at radius 3 is 2.10 bits per heavy atom. The van der Waals surface area contributed by atoms with E-state index in [9.17, 15) is 18.0 Å². The lowest BCUT2D eigenvalue weighted by molar-refractivity contribution is 0.0532. The zero-order chi connectivity index (χ0) is 21.1. The molecular formula is C20H24N4O4S2. The van der Waals surface area contributed by atoms with Crippen LogP contribution in [0.25, 0.3) is 0 Å². The van der Waals surface area contributed by atoms with Crippen LogP contribution >= 0.6 is 11.8 Å². The Morgan fingerprint density at radius 1 is 0.867 bits per heavy atom. The fourth-order valence-corrected chi connectivity index (χ4v) is 6.20. The summed E-state index contributed by atoms with van der Waals surface area (Å²) in [6.45, 7) is 2.66. The molecule has 2 aliphatic rings. The highest BCUT2D eigenvalue weighted by atomic mass is 32.2. The van der Waals surface area contributed by atoms with Crippen molar-refractivity contribution in [3.63, 3.8) is 0 Å². The Balaban J connectivity index is 1.39. The van der Waals surface area contributed by atoms with Crippen molar-refractivity contribution < 1.29 is 18.0 Å². The molecule has 1 aromatic heterocycles. The first-order valence-electron chi connectivity index (χ1n) is 9.87. The second-order valence-electron chi connectivity index (χ2n) is 7.22. The topological polar surface area (TPSA) is 93.8 Å². The van der Waals surface area contributed by atoms with Crippen molar-refractivity contribution in [3.8, 4) is 0 Å². The molecule has 2 fully saturated rings. The van der Waals surface area contributed by atoms with Crippen LogP contribution in [0.2, 0.25) is 0 Å². The predicted molar refractivity (Wildman–Crippen MR) is 115 cm³/mol. The summed E-state index contributed by atoms with van der Waals surface area (Å²) in [5.74, 6) is 1.26. The number of rotatable bonds is 4. The van der Waals surface area contributed by atoms with E-state index in [1.165, 1.54) is 16.6 Å². The minimum absolute atomic E-state index is 0.0457. The first kappa shape index (κ1) is 21.0. The van der Waals surface area contributed by atoms with Gasteiger partial charge in [0, 0.05) is 62.5 Å². The maximum absolute atomic E-state index is 12.8. The van der Waals surface area contributed by atoms with Crippen molar-refractivity contribution >= 4 is 33.6 Å². The van der Waals surface area contributed by atoms with E-state index < -0.39 is 10.0 Å². The molecule has 8 nitrogen and oxygen atoms in total. The first-order valence-corrected chi connectivity index (χ1v) is 12.5. The van der Waals surface area contributed by atoms with Gasteiger partial charge in [-0.3, -0.25) is 9.59 Å². The molecule has 30 heavy (non-hydrogen) atoms. The Morgan fingerprint density at radius 2 is 1.47 bits per heavy atom. The van der Waals surface area contributed by atoms with E-state index in [-0.39, 0.29) is 22.4 Å². The van der Waals surface area contributed by atoms with Gasteiger partial charge in [0.2, 0.25) is 10.0 Å². The standard InChI is InChI=1S/C20H24N4O4S2/c25-19(16-4-2-1-3-5-16)22-6-8-23(9-7-22)20(26)18-14-17(15-21-18)30(27,28)24-10-12-29-13-11-24/h1-5,14-15,21H,6-13H2. The van der Waals surface area contributed by atoms with E-state index in [0.717, 1.165) is 11.5 Å². The molecule has 10 heteroatoms. The van der Waals surface area contributed by atoms with Gasteiger partial charge in [-0.2, -0.15) is 16.1 Å². The number of nitrogens with zero attached hydrogens (tertiary/aromatic N) is 3. The van der Waals surface area contributed by atoms with Gasteiger partial charge in [0.15, 0.2) is 0 Å². The fourth-order valence-electron chi connectivity index (χ4n) is 3.63. The Bertz CT molecular complexity index is 1010. The van der Waals surface area contributed by atoms with E-state index in [1.54, 1.807) is 33.7 Å². The fraction of sp³-hybridized carbons (Fsp3) is 0.400. The van der Waals surface area contributed by atoms with Gasteiger partial charge in [-0.1, -0.05) is 18.2 Å². The summed E-state index contributed by atoms with van der Waals surface area (Å²) < 4.78 is 27.0. The molecule has 2 aromatic rings. The summed E-state index contributed by atoms with van der Waals surface area (Å²) in [4.78, 5) is 31.7. The minimum Gasteiger partial charge on any atom is -0.356 e. The lowest BCUT2D eigenvalue weighted by Gasteiger charge is -2.34. The van der Waals surface area contributed by atoms with Gasteiger partial charge in [-0.05, 0) is 18.2 Å². The number of H-pyrrole nitrogens is 1. The van der Waals surface area contributed by atoms with Crippen molar-refractivity contribution in [2.45, 2.75) is 4.90 Å². The number of amides is 2. The molecule has 3 heterocycles. The summed E-state index contributed by atoms with van der Waals surface area (Å²) >= 11 is 1.74. The number of hydrogen-bond donors (Lipinski definition) is 1. The summed E-state index contributed by atoms with van der Waals surface area (Å²) in [6.07, 6.45) is 1.39. The van der Waals surface area contributed by atoms with Crippen LogP contribution in [0.3, 0.4) is 0 Å². The molecule has 1 aromatic carbocycles. The molecule has 0 aliphatic carbocycles. The zero-order valence-corrected chi connectivity index (χ0v) is 18.1. The van der Waals surface area contributed by atoms with Crippen LogP contribution in [0.4, 0.5) is 0 Å². The molecule has 0 spiro atoms. The third kappa shape index (κ3) is 4.26. The largest absolute Gasteiger partial charge is 0.356 e. The lowest BCUT2D eigenvalue weighted by Crippen LogP contribution is -2.50. The molecule has 0 saturated carbocycles. The average Bonchev–Trinajstić information content (AvgIpc) is 3.31. The molecule has 160 valence electrons. The number of carbonyl (C=O) groups is 2. The number of piperazine rings is 1. The van der Waals surface area contributed by atoms with Gasteiger partial charge in [0.1, 0.15) is 10.6 Å². The van der Waals surface area contributed by atoms with Gasteiger partial charge < -0.3 is 14.8 Å². The maximum atomic E-state index is 12.8. The molecule has 2 saturated heterocycles. The predicted octanol–water partition coefficient (Wildman–Crippen LogP) is 1.35. The van der Waals surface area contributed by atoms with Crippen molar-refractivity contribution in [2.75, 3.05) is 50.8 Å². The highest BCUT2D eigenvalue weighted by Crippen LogP contribution is 2.21. The Hall–Kier alpha value is -2.30. The Labute approximate surface area is 180 Å². The SMILES string of the molecule is O=C(c1ccccc1)N1CCN(C(=O)c2cc(S(=O)(=O)N3CCSCC3)c[nH]2)CC1. The van der Waals surface area contributed by atoms with E-state index in [2.05, 4.69) is 4.98 Å². The van der Waals surface area contributed by atoms with E-state index in [1.807, 2.05) is 18.2 Å². The molecule has 4 rings (SSSR count). The minimum atomic E-state index is -3.59. The Kier molecular flexibility index (Phi) is 6.16. The maximum Gasteiger partial charge on any atom is 0.270 e. The van der Waals surface area contributed by atoms with E-state index in [0.29, 0.717) is 44.8 Å². The van der Waals surface area contributed by atoms with Crippen molar-refractivity contribution in [3.05, 3.63) is 53.9 Å². The molecule has 2 amide bonds. The summed E-state index contributed by atoms with van der Waals surface area (Å²) in [5, 5.41) is 0. The third-order valence-corrected chi connectivity index (χ3v) is 8.19. The summed E-state index contributed by atoms with van der Waals surface area (Å²) in [5.41, 5.74) is 0.885. The van der Waals surface area contributed by atoms with Gasteiger partial charge in [-0.15, -0.1) is 0 Å². The number of carbonyl (C=O) groups excluding carboxylic acids is 2. The van der Waals surface area contributed by atoms with Gasteiger partial charge >= 0.3 is 0 Å². The molecule has 0 atom stereocenters. The van der Waals surface area contributed by atoms with Crippen LogP contribution in [-0.4, -0.2) is 90.1 Å². The number of thioether (sulfide) groups is 1. The van der Waals surface area contributed by atoms with Crippen molar-refractivity contribution in [1.82, 2.24) is 19.1 Å².